The first kappa shape index (κ1) is 23.6. The Bertz CT molecular complexity index is 708. The minimum Gasteiger partial charge on any atom is -0.493 e. The van der Waals surface area contributed by atoms with Gasteiger partial charge in [-0.2, -0.15) is 0 Å². The Morgan fingerprint density at radius 3 is 2.39 bits per heavy atom. The van der Waals surface area contributed by atoms with Crippen molar-refractivity contribution in [3.05, 3.63) is 30.3 Å². The van der Waals surface area contributed by atoms with Gasteiger partial charge in [0.2, 0.25) is 11.8 Å². The van der Waals surface area contributed by atoms with Gasteiger partial charge in [-0.1, -0.05) is 39.0 Å². The average molecular weight is 430 g/mol. The van der Waals surface area contributed by atoms with E-state index < -0.39 is 0 Å². The molecule has 2 aliphatic heterocycles. The summed E-state index contributed by atoms with van der Waals surface area (Å²) in [5.41, 5.74) is 0.344. The fourth-order valence-electron chi connectivity index (χ4n) is 4.28. The molecule has 0 spiro atoms. The average Bonchev–Trinajstić information content (AvgIpc) is 2.78. The molecule has 1 unspecified atom stereocenters. The largest absolute Gasteiger partial charge is 0.493 e. The first-order chi connectivity index (χ1) is 14.8. The lowest BCUT2D eigenvalue weighted by molar-refractivity contribution is -0.142. The number of carbonyl (C=O) groups excluding carboxylic acids is 2. The van der Waals surface area contributed by atoms with Gasteiger partial charge in [0.15, 0.2) is 0 Å². The molecule has 0 N–H and O–H groups in total. The molecule has 2 heterocycles. The lowest BCUT2D eigenvalue weighted by Crippen LogP contribution is -2.53. The number of likely N-dealkylation sites (tertiary alicyclic amines) is 1. The number of benzene rings is 1. The van der Waals surface area contributed by atoms with Gasteiger partial charge in [-0.05, 0) is 43.4 Å². The molecule has 6 heteroatoms. The summed E-state index contributed by atoms with van der Waals surface area (Å²) >= 11 is 0. The second kappa shape index (κ2) is 11.0. The lowest BCUT2D eigenvalue weighted by Gasteiger charge is -2.39. The molecular weight excluding hydrogens is 390 g/mol. The van der Waals surface area contributed by atoms with Crippen molar-refractivity contribution in [2.24, 2.45) is 11.3 Å². The van der Waals surface area contributed by atoms with Crippen molar-refractivity contribution in [2.75, 3.05) is 52.4 Å². The molecule has 0 bridgehead atoms. The smallest absolute Gasteiger partial charge is 0.227 e. The second-order valence-electron chi connectivity index (χ2n) is 10.1. The zero-order chi connectivity index (χ0) is 22.3. The van der Waals surface area contributed by atoms with Crippen LogP contribution in [0.1, 0.15) is 46.5 Å². The molecule has 1 aromatic rings. The van der Waals surface area contributed by atoms with Gasteiger partial charge in [0.1, 0.15) is 5.75 Å². The van der Waals surface area contributed by atoms with E-state index in [-0.39, 0.29) is 17.7 Å². The SMILES string of the molecule is CC(C)(C)CCN1CCN(C(=O)C2CCCN(C(=O)CCOc3ccccc3)C2)CC1. The fourth-order valence-corrected chi connectivity index (χ4v) is 4.28. The van der Waals surface area contributed by atoms with Crippen molar-refractivity contribution in [1.82, 2.24) is 14.7 Å². The highest BCUT2D eigenvalue weighted by Crippen LogP contribution is 2.22. The molecular formula is C25H39N3O3. The topological polar surface area (TPSA) is 53.1 Å². The summed E-state index contributed by atoms with van der Waals surface area (Å²) in [5, 5.41) is 0. The van der Waals surface area contributed by atoms with Crippen molar-refractivity contribution in [2.45, 2.75) is 46.5 Å². The predicted molar refractivity (Wildman–Crippen MR) is 123 cm³/mol. The molecule has 172 valence electrons. The molecule has 0 radical (unpaired) electrons. The van der Waals surface area contributed by atoms with Crippen LogP contribution in [0.5, 0.6) is 5.75 Å². The molecule has 3 rings (SSSR count). The fraction of sp³-hybridized carbons (Fsp3) is 0.680. The molecule has 1 atom stereocenters. The van der Waals surface area contributed by atoms with Crippen LogP contribution in [-0.2, 0) is 9.59 Å². The Balaban J connectivity index is 1.40. The van der Waals surface area contributed by atoms with E-state index in [1.807, 2.05) is 40.1 Å². The van der Waals surface area contributed by atoms with Crippen LogP contribution in [0.4, 0.5) is 0 Å². The van der Waals surface area contributed by atoms with E-state index in [4.69, 9.17) is 4.74 Å². The van der Waals surface area contributed by atoms with Crippen LogP contribution in [0.15, 0.2) is 30.3 Å². The van der Waals surface area contributed by atoms with Gasteiger partial charge in [-0.3, -0.25) is 14.5 Å². The zero-order valence-corrected chi connectivity index (χ0v) is 19.5. The van der Waals surface area contributed by atoms with Crippen LogP contribution in [0.25, 0.3) is 0 Å². The number of piperazine rings is 1. The van der Waals surface area contributed by atoms with Gasteiger partial charge in [-0.15, -0.1) is 0 Å². The number of piperidine rings is 1. The monoisotopic (exact) mass is 429 g/mol. The summed E-state index contributed by atoms with van der Waals surface area (Å²) < 4.78 is 5.66. The number of amides is 2. The first-order valence-electron chi connectivity index (χ1n) is 11.8. The van der Waals surface area contributed by atoms with E-state index in [1.165, 1.54) is 6.42 Å². The summed E-state index contributed by atoms with van der Waals surface area (Å²) in [4.78, 5) is 32.1. The van der Waals surface area contributed by atoms with Crippen LogP contribution >= 0.6 is 0 Å². The number of rotatable bonds is 7. The highest BCUT2D eigenvalue weighted by atomic mass is 16.5. The second-order valence-corrected chi connectivity index (χ2v) is 10.1. The van der Waals surface area contributed by atoms with Crippen LogP contribution in [-0.4, -0.2) is 78.9 Å². The number of hydrogen-bond donors (Lipinski definition) is 0. The molecule has 2 amide bonds. The van der Waals surface area contributed by atoms with E-state index in [0.717, 1.165) is 57.9 Å². The quantitative estimate of drug-likeness (QED) is 0.668. The van der Waals surface area contributed by atoms with Gasteiger partial charge in [0.05, 0.1) is 18.9 Å². The van der Waals surface area contributed by atoms with E-state index in [9.17, 15) is 9.59 Å². The molecule has 0 aromatic heterocycles. The summed E-state index contributed by atoms with van der Waals surface area (Å²) in [5.74, 6) is 1.03. The van der Waals surface area contributed by atoms with Gasteiger partial charge >= 0.3 is 0 Å². The van der Waals surface area contributed by atoms with E-state index in [1.54, 1.807) is 0 Å². The third-order valence-electron chi connectivity index (χ3n) is 6.31. The number of hydrogen-bond acceptors (Lipinski definition) is 4. The number of ether oxygens (including phenoxy) is 1. The predicted octanol–water partition coefficient (Wildman–Crippen LogP) is 3.27. The molecule has 2 saturated heterocycles. The van der Waals surface area contributed by atoms with E-state index in [0.29, 0.717) is 25.0 Å². The molecule has 6 nitrogen and oxygen atoms in total. The maximum atomic E-state index is 13.1. The highest BCUT2D eigenvalue weighted by Gasteiger charge is 2.32. The molecule has 2 aliphatic rings. The Hall–Kier alpha value is -2.08. The Morgan fingerprint density at radius 2 is 1.71 bits per heavy atom. The molecule has 1 aromatic carbocycles. The van der Waals surface area contributed by atoms with Crippen LogP contribution in [0, 0.1) is 11.3 Å². The van der Waals surface area contributed by atoms with Gasteiger partial charge in [0.25, 0.3) is 0 Å². The zero-order valence-electron chi connectivity index (χ0n) is 19.5. The minimum absolute atomic E-state index is 0.0612. The van der Waals surface area contributed by atoms with Crippen molar-refractivity contribution < 1.29 is 14.3 Å². The van der Waals surface area contributed by atoms with Crippen LogP contribution in [0.2, 0.25) is 0 Å². The highest BCUT2D eigenvalue weighted by molar-refractivity contribution is 5.81. The van der Waals surface area contributed by atoms with Gasteiger partial charge in [0, 0.05) is 39.3 Å². The summed E-state index contributed by atoms with van der Waals surface area (Å²) in [6.45, 7) is 13.1. The summed E-state index contributed by atoms with van der Waals surface area (Å²) in [7, 11) is 0. The Kier molecular flexibility index (Phi) is 8.35. The van der Waals surface area contributed by atoms with Crippen LogP contribution < -0.4 is 4.74 Å². The maximum absolute atomic E-state index is 13.1. The van der Waals surface area contributed by atoms with Crippen molar-refractivity contribution in [1.29, 1.82) is 0 Å². The normalized spacial score (nSPS) is 20.5. The molecule has 2 fully saturated rings. The molecule has 0 aliphatic carbocycles. The van der Waals surface area contributed by atoms with E-state index in [2.05, 4.69) is 25.7 Å². The minimum atomic E-state index is -0.0612. The number of para-hydroxylation sites is 1. The number of carbonyl (C=O) groups is 2. The Labute approximate surface area is 187 Å². The third-order valence-corrected chi connectivity index (χ3v) is 6.31. The van der Waals surface area contributed by atoms with Crippen molar-refractivity contribution >= 4 is 11.8 Å². The van der Waals surface area contributed by atoms with Gasteiger partial charge in [-0.25, -0.2) is 0 Å². The molecule has 0 saturated carbocycles. The first-order valence-corrected chi connectivity index (χ1v) is 11.8. The van der Waals surface area contributed by atoms with Crippen molar-refractivity contribution in [3.63, 3.8) is 0 Å². The summed E-state index contributed by atoms with van der Waals surface area (Å²) in [6, 6.07) is 9.56. The lowest BCUT2D eigenvalue weighted by atomic mass is 9.92. The standard InChI is InChI=1S/C25H39N3O3/c1-25(2,3)12-14-26-15-17-27(18-16-26)24(30)21-8-7-13-28(20-21)23(29)11-19-31-22-9-5-4-6-10-22/h4-6,9-10,21H,7-8,11-20H2,1-3H3. The maximum Gasteiger partial charge on any atom is 0.227 e. The number of nitrogens with zero attached hydrogens (tertiary/aromatic N) is 3. The molecule has 31 heavy (non-hydrogen) atoms. The van der Waals surface area contributed by atoms with E-state index >= 15 is 0 Å². The van der Waals surface area contributed by atoms with Crippen molar-refractivity contribution in [3.8, 4) is 5.75 Å². The summed E-state index contributed by atoms with van der Waals surface area (Å²) in [6.07, 6.45) is 3.30. The third kappa shape index (κ3) is 7.53. The van der Waals surface area contributed by atoms with Crippen LogP contribution in [0.3, 0.4) is 0 Å². The van der Waals surface area contributed by atoms with Gasteiger partial charge < -0.3 is 14.5 Å². The Morgan fingerprint density at radius 1 is 1.00 bits per heavy atom.